The predicted molar refractivity (Wildman–Crippen MR) is 235 cm³/mol. The van der Waals surface area contributed by atoms with Crippen molar-refractivity contribution in [2.24, 2.45) is 40.0 Å². The van der Waals surface area contributed by atoms with E-state index in [1.165, 1.54) is 64.9 Å². The molecule has 10 rings (SSSR count). The zero-order chi connectivity index (χ0) is 38.2. The fourth-order valence-corrected chi connectivity index (χ4v) is 11.6. The molecule has 57 heavy (non-hydrogen) atoms. The first-order chi connectivity index (χ1) is 28.1. The van der Waals surface area contributed by atoms with Gasteiger partial charge in [-0.15, -0.1) is 0 Å². The molecule has 0 radical (unpaired) electrons. The van der Waals surface area contributed by atoms with Crippen molar-refractivity contribution in [2.45, 2.75) is 102 Å². The summed E-state index contributed by atoms with van der Waals surface area (Å²) in [6.45, 7) is 2.36. The van der Waals surface area contributed by atoms with E-state index in [-0.39, 0.29) is 29.8 Å². The lowest BCUT2D eigenvalue weighted by Crippen LogP contribution is -2.58. The summed E-state index contributed by atoms with van der Waals surface area (Å²) in [7, 11) is 0. The molecule has 0 saturated carbocycles. The third-order valence-corrected chi connectivity index (χ3v) is 14.4. The number of amidine groups is 1. The number of ether oxygens (including phenoxy) is 1. The van der Waals surface area contributed by atoms with E-state index < -0.39 is 0 Å². The van der Waals surface area contributed by atoms with Crippen molar-refractivity contribution in [3.8, 4) is 0 Å². The van der Waals surface area contributed by atoms with Crippen LogP contribution in [0, 0.1) is 35.0 Å². The number of aliphatic imine (C=N–C) groups is 1. The second-order valence-corrected chi connectivity index (χ2v) is 17.9. The number of nitrogens with one attached hydrogen (secondary N) is 2. The first-order valence-corrected chi connectivity index (χ1v) is 22.2. The summed E-state index contributed by atoms with van der Waals surface area (Å²) in [5.74, 6) is 5.08. The second-order valence-electron chi connectivity index (χ2n) is 17.9. The topological polar surface area (TPSA) is 45.6 Å². The molecule has 2 aliphatic heterocycles. The molecular formula is C53H59N3O. The zero-order valence-corrected chi connectivity index (χ0v) is 33.6. The van der Waals surface area contributed by atoms with Crippen molar-refractivity contribution < 1.29 is 4.74 Å². The molecule has 4 nitrogen and oxygen atoms in total. The molecule has 2 N–H and O–H groups in total. The van der Waals surface area contributed by atoms with Gasteiger partial charge in [0.25, 0.3) is 0 Å². The Morgan fingerprint density at radius 2 is 1.75 bits per heavy atom. The summed E-state index contributed by atoms with van der Waals surface area (Å²) < 4.78 is 6.88. The van der Waals surface area contributed by atoms with Crippen LogP contribution in [0.4, 0.5) is 0 Å². The smallest absolute Gasteiger partial charge is 0.131 e. The van der Waals surface area contributed by atoms with Crippen LogP contribution in [-0.2, 0) is 4.74 Å². The molecule has 0 amide bonds. The number of hydrogen-bond acceptors (Lipinski definition) is 4. The minimum Gasteiger partial charge on any atom is -0.490 e. The predicted octanol–water partition coefficient (Wildman–Crippen LogP) is 11.7. The standard InChI is InChI=1S/C53H59N3O/c1-36-16-14-20-41(34-36)51-54-50(39-32-30-38(31-33-39)37-17-4-2-5-18-37)55-52(56-51)45-25-9-8-24-44(45)40-19-15-23-43(35-40)53(42-21-6-3-7-22-42)46-26-10-12-28-48(46)57-49-29-13-11-27-47(49)53/h3-4,6-12,14-17,19,21,23-27,30,32-33,36-38,40-42,48,50-51,54H,2,5,13,18,20,22,28-29,31,34-35H2,1H3,(H,55,56). The van der Waals surface area contributed by atoms with Crippen molar-refractivity contribution >= 4 is 5.84 Å². The Labute approximate surface area is 340 Å². The molecular weight excluding hydrogens is 695 g/mol. The highest BCUT2D eigenvalue weighted by molar-refractivity contribution is 6.01. The largest absolute Gasteiger partial charge is 0.490 e. The molecule has 1 aromatic rings. The van der Waals surface area contributed by atoms with Crippen LogP contribution in [0.2, 0.25) is 0 Å². The summed E-state index contributed by atoms with van der Waals surface area (Å²) in [5.41, 5.74) is 7.94. The van der Waals surface area contributed by atoms with E-state index in [9.17, 15) is 0 Å². The molecule has 9 aliphatic rings. The third-order valence-electron chi connectivity index (χ3n) is 14.4. The summed E-state index contributed by atoms with van der Waals surface area (Å²) in [5, 5.41) is 8.03. The molecule has 2 heterocycles. The van der Waals surface area contributed by atoms with Crippen LogP contribution in [0.25, 0.3) is 0 Å². The summed E-state index contributed by atoms with van der Waals surface area (Å²) >= 11 is 0. The summed E-state index contributed by atoms with van der Waals surface area (Å²) in [6.07, 6.45) is 57.6. The molecule has 10 atom stereocenters. The van der Waals surface area contributed by atoms with Gasteiger partial charge >= 0.3 is 0 Å². The lowest BCUT2D eigenvalue weighted by atomic mass is 9.54. The van der Waals surface area contributed by atoms with E-state index >= 15 is 0 Å². The van der Waals surface area contributed by atoms with Crippen molar-refractivity contribution in [3.05, 3.63) is 179 Å². The average Bonchev–Trinajstić information content (AvgIpc) is 3.29. The number of hydrogen-bond donors (Lipinski definition) is 2. The SMILES string of the molecule is CC1C=CCC(C2NC(c3ccccc3C3C=CC=C(C4(C5C=CC=CC5)C5=CC=CCC5OC5=C4C=CCC5)C3)=NC(C3=CCC(C4C=CCCC4)C=C3)N2)C1. The van der Waals surface area contributed by atoms with E-state index in [1.807, 2.05) is 0 Å². The zero-order valence-electron chi connectivity index (χ0n) is 33.6. The van der Waals surface area contributed by atoms with E-state index in [0.717, 1.165) is 50.8 Å². The van der Waals surface area contributed by atoms with Crippen molar-refractivity contribution in [2.75, 3.05) is 0 Å². The van der Waals surface area contributed by atoms with Gasteiger partial charge in [0.2, 0.25) is 0 Å². The van der Waals surface area contributed by atoms with Gasteiger partial charge in [0.1, 0.15) is 23.9 Å². The molecule has 0 spiro atoms. The van der Waals surface area contributed by atoms with Gasteiger partial charge in [0.15, 0.2) is 0 Å². The van der Waals surface area contributed by atoms with E-state index in [0.29, 0.717) is 29.6 Å². The number of benzene rings is 1. The molecule has 0 aromatic heterocycles. The maximum Gasteiger partial charge on any atom is 0.131 e. The highest BCUT2D eigenvalue weighted by Gasteiger charge is 2.53. The number of rotatable bonds is 7. The summed E-state index contributed by atoms with van der Waals surface area (Å²) in [4.78, 5) is 5.57. The Bertz CT molecular complexity index is 2140. The monoisotopic (exact) mass is 753 g/mol. The highest BCUT2D eigenvalue weighted by atomic mass is 16.5. The van der Waals surface area contributed by atoms with Gasteiger partial charge in [-0.3, -0.25) is 5.32 Å². The van der Waals surface area contributed by atoms with E-state index in [2.05, 4.69) is 157 Å². The Hall–Kier alpha value is -4.67. The Morgan fingerprint density at radius 3 is 2.61 bits per heavy atom. The van der Waals surface area contributed by atoms with Gasteiger partial charge in [0, 0.05) is 29.9 Å². The molecule has 10 unspecified atom stereocenters. The lowest BCUT2D eigenvalue weighted by Gasteiger charge is -2.53. The third kappa shape index (κ3) is 6.92. The molecule has 0 bridgehead atoms. The lowest BCUT2D eigenvalue weighted by molar-refractivity contribution is 0.0872. The van der Waals surface area contributed by atoms with Crippen molar-refractivity contribution in [1.82, 2.24) is 10.6 Å². The quantitative estimate of drug-likeness (QED) is 0.273. The van der Waals surface area contributed by atoms with Crippen LogP contribution in [0.15, 0.2) is 173 Å². The highest BCUT2D eigenvalue weighted by Crippen LogP contribution is 2.61. The number of fused-ring (bicyclic) bond motifs is 1. The van der Waals surface area contributed by atoms with Gasteiger partial charge in [-0.2, -0.15) is 0 Å². The van der Waals surface area contributed by atoms with Crippen LogP contribution < -0.4 is 10.6 Å². The molecule has 0 saturated heterocycles. The minimum absolute atomic E-state index is 0.0779. The first kappa shape index (κ1) is 36.7. The summed E-state index contributed by atoms with van der Waals surface area (Å²) in [6, 6.07) is 9.13. The average molecular weight is 754 g/mol. The van der Waals surface area contributed by atoms with Crippen LogP contribution in [-0.4, -0.2) is 24.3 Å². The van der Waals surface area contributed by atoms with E-state index in [1.54, 1.807) is 0 Å². The Balaban J connectivity index is 1.01. The van der Waals surface area contributed by atoms with Crippen LogP contribution in [0.5, 0.6) is 0 Å². The van der Waals surface area contributed by atoms with Gasteiger partial charge in [-0.25, -0.2) is 4.99 Å². The Kier molecular flexibility index (Phi) is 10.2. The normalized spacial score (nSPS) is 36.7. The van der Waals surface area contributed by atoms with Gasteiger partial charge in [-0.1, -0.05) is 152 Å². The van der Waals surface area contributed by atoms with Crippen LogP contribution >= 0.6 is 0 Å². The first-order valence-electron chi connectivity index (χ1n) is 22.2. The molecule has 1 aromatic carbocycles. The number of nitrogens with zero attached hydrogens (tertiary/aromatic N) is 1. The van der Waals surface area contributed by atoms with Crippen molar-refractivity contribution in [1.29, 1.82) is 0 Å². The maximum absolute atomic E-state index is 6.88. The van der Waals surface area contributed by atoms with Gasteiger partial charge in [-0.05, 0) is 104 Å². The molecule has 0 fully saturated rings. The fourth-order valence-electron chi connectivity index (χ4n) is 11.6. The Morgan fingerprint density at radius 1 is 0.807 bits per heavy atom. The van der Waals surface area contributed by atoms with Gasteiger partial charge < -0.3 is 10.1 Å². The molecule has 4 heteroatoms. The van der Waals surface area contributed by atoms with E-state index in [4.69, 9.17) is 9.73 Å². The van der Waals surface area contributed by atoms with Crippen molar-refractivity contribution in [3.63, 3.8) is 0 Å². The molecule has 7 aliphatic carbocycles. The minimum atomic E-state index is -0.254. The molecule has 292 valence electrons. The van der Waals surface area contributed by atoms with Crippen LogP contribution in [0.3, 0.4) is 0 Å². The number of allylic oxidation sites excluding steroid dienone is 20. The van der Waals surface area contributed by atoms with Crippen LogP contribution in [0.1, 0.15) is 94.6 Å². The fraction of sp³-hybridized carbons (Fsp3) is 0.415. The second kappa shape index (κ2) is 15.9. The van der Waals surface area contributed by atoms with Gasteiger partial charge in [0.05, 0.1) is 11.6 Å². The maximum atomic E-state index is 6.88.